The molecule has 16 heteroatoms. The second-order valence-electron chi connectivity index (χ2n) is 12.3. The van der Waals surface area contributed by atoms with E-state index in [0.717, 1.165) is 0 Å². The number of benzene rings is 3. The zero-order chi connectivity index (χ0) is 37.8. The molecule has 0 atom stereocenters. The summed E-state index contributed by atoms with van der Waals surface area (Å²) in [7, 11) is 0. The van der Waals surface area contributed by atoms with Crippen molar-refractivity contribution in [3.8, 4) is 34.7 Å². The molecule has 0 fully saturated rings. The van der Waals surface area contributed by atoms with Gasteiger partial charge in [-0.2, -0.15) is 20.2 Å². The van der Waals surface area contributed by atoms with E-state index in [0.29, 0.717) is 0 Å². The van der Waals surface area contributed by atoms with Crippen molar-refractivity contribution >= 4 is 33.2 Å². The average Bonchev–Trinajstić information content (AvgIpc) is 3.62. The van der Waals surface area contributed by atoms with Crippen LogP contribution in [0.15, 0.2) is 11.4 Å². The molecule has 0 spiro atoms. The quantitative estimate of drug-likeness (QED) is 0.0442. The fourth-order valence-electron chi connectivity index (χ4n) is 6.79. The first-order chi connectivity index (χ1) is 24.7. The highest BCUT2D eigenvalue weighted by atomic mass is 19.2. The van der Waals surface area contributed by atoms with E-state index in [1.54, 1.807) is 27.7 Å². The Bertz CT molecular complexity index is 2600. The number of hydrogen-bond donors (Lipinski definition) is 0. The molecule has 52 heavy (non-hydrogen) atoms. The van der Waals surface area contributed by atoms with Crippen molar-refractivity contribution in [2.75, 3.05) is 0 Å². The first-order valence-corrected chi connectivity index (χ1v) is 15.0. The van der Waals surface area contributed by atoms with E-state index >= 15 is 17.6 Å². The van der Waals surface area contributed by atoms with E-state index in [1.807, 2.05) is 0 Å². The van der Waals surface area contributed by atoms with E-state index in [2.05, 4.69) is 29.6 Å². The van der Waals surface area contributed by atoms with Crippen LogP contribution in [0.5, 0.6) is 0 Å². The molecular formula is C36H14F8N8. The number of hydrogen-bond acceptors (Lipinski definition) is 6. The van der Waals surface area contributed by atoms with E-state index < -0.39 is 126 Å². The summed E-state index contributed by atoms with van der Waals surface area (Å²) in [6.07, 6.45) is 0. The fourth-order valence-corrected chi connectivity index (χ4v) is 6.79. The Balaban J connectivity index is 1.75. The highest BCUT2D eigenvalue weighted by Crippen LogP contribution is 2.52. The summed E-state index contributed by atoms with van der Waals surface area (Å²) >= 11 is 0. The zero-order valence-electron chi connectivity index (χ0n) is 26.8. The van der Waals surface area contributed by atoms with Gasteiger partial charge in [-0.3, -0.25) is 0 Å². The molecule has 2 aliphatic carbocycles. The van der Waals surface area contributed by atoms with Crippen molar-refractivity contribution in [2.45, 2.75) is 39.5 Å². The van der Waals surface area contributed by atoms with Gasteiger partial charge in [-0.1, -0.05) is 27.7 Å². The average molecular weight is 711 g/mol. The van der Waals surface area contributed by atoms with Crippen LogP contribution in [-0.4, -0.2) is 19.9 Å². The minimum atomic E-state index is -2.21. The minimum Gasteiger partial charge on any atom is -0.244 e. The molecule has 5 aromatic rings. The smallest absolute Gasteiger partial charge is 0.244 e. The van der Waals surface area contributed by atoms with Gasteiger partial charge in [0.05, 0.1) is 38.9 Å². The molecule has 0 N–H and O–H groups in total. The Morgan fingerprint density at radius 3 is 1.13 bits per heavy atom. The monoisotopic (exact) mass is 710 g/mol. The highest BCUT2D eigenvalue weighted by Gasteiger charge is 2.43. The molecule has 0 unspecified atom stereocenters. The minimum absolute atomic E-state index is 0.0544. The lowest BCUT2D eigenvalue weighted by molar-refractivity contribution is 0.410. The van der Waals surface area contributed by atoms with Gasteiger partial charge in [0.25, 0.3) is 0 Å². The molecule has 0 saturated heterocycles. The molecule has 2 heterocycles. The normalized spacial score (nSPS) is 12.4. The molecule has 0 radical (unpaired) electrons. The zero-order valence-corrected chi connectivity index (χ0v) is 26.8. The van der Waals surface area contributed by atoms with Gasteiger partial charge in [0.15, 0.2) is 46.5 Å². The molecule has 0 saturated carbocycles. The van der Waals surface area contributed by atoms with Gasteiger partial charge >= 0.3 is 5.82 Å². The van der Waals surface area contributed by atoms with Gasteiger partial charge in [-0.25, -0.2) is 55.1 Å². The summed E-state index contributed by atoms with van der Waals surface area (Å²) < 4.78 is 121. The van der Waals surface area contributed by atoms with E-state index in [-0.39, 0.29) is 33.2 Å². The topological polar surface area (TPSA) is 108 Å². The molecule has 0 amide bonds. The van der Waals surface area contributed by atoms with Crippen LogP contribution >= 0.6 is 0 Å². The molecule has 254 valence electrons. The summed E-state index contributed by atoms with van der Waals surface area (Å²) in [5, 5.41) is 19.5. The van der Waals surface area contributed by atoms with Gasteiger partial charge in [0, 0.05) is 27.8 Å². The SMILES string of the molecule is [C-]#[N+]C([N+]#[C-])=C1c2nc3c(C(C)C)c4nc5c(nc4c(C(C)C)c3nc2-c2c(F)c(F)c(F)c(F)c21)C(=C(C#N)C#N)c1c(F)c(F)c(F)c(F)c1-5. The summed E-state index contributed by atoms with van der Waals surface area (Å²) in [5.41, 5.74) is -7.83. The first kappa shape index (κ1) is 33.7. The van der Waals surface area contributed by atoms with Gasteiger partial charge in [0.1, 0.15) is 53.5 Å². The molecule has 0 aliphatic heterocycles. The van der Waals surface area contributed by atoms with Crippen LogP contribution in [0.3, 0.4) is 0 Å². The van der Waals surface area contributed by atoms with Crippen molar-refractivity contribution in [3.05, 3.63) is 114 Å². The van der Waals surface area contributed by atoms with Crippen molar-refractivity contribution in [3.63, 3.8) is 0 Å². The fraction of sp³-hybridized carbons (Fsp3) is 0.167. The van der Waals surface area contributed by atoms with Gasteiger partial charge < -0.3 is 0 Å². The summed E-state index contributed by atoms with van der Waals surface area (Å²) in [4.78, 5) is 24.4. The highest BCUT2D eigenvalue weighted by molar-refractivity contribution is 6.09. The Labute approximate surface area is 287 Å². The maximum absolute atomic E-state index is 15.6. The van der Waals surface area contributed by atoms with Crippen molar-refractivity contribution < 1.29 is 35.1 Å². The third kappa shape index (κ3) is 4.09. The molecule has 2 aliphatic rings. The van der Waals surface area contributed by atoms with Crippen molar-refractivity contribution in [2.24, 2.45) is 0 Å². The third-order valence-electron chi connectivity index (χ3n) is 8.86. The first-order valence-electron chi connectivity index (χ1n) is 15.0. The summed E-state index contributed by atoms with van der Waals surface area (Å²) in [6.45, 7) is 21.6. The molecule has 7 rings (SSSR count). The number of fused-ring (bicyclic) bond motifs is 8. The number of aromatic nitrogens is 4. The van der Waals surface area contributed by atoms with Gasteiger partial charge in [-0.05, 0) is 11.8 Å². The summed E-state index contributed by atoms with van der Waals surface area (Å²) in [5.74, 6) is -18.4. The van der Waals surface area contributed by atoms with E-state index in [4.69, 9.17) is 13.1 Å². The Kier molecular flexibility index (Phi) is 7.37. The largest absolute Gasteiger partial charge is 0.529 e. The van der Waals surface area contributed by atoms with Crippen LogP contribution < -0.4 is 0 Å². The lowest BCUT2D eigenvalue weighted by atomic mass is 9.91. The van der Waals surface area contributed by atoms with Crippen LogP contribution in [0.1, 0.15) is 73.2 Å². The predicted molar refractivity (Wildman–Crippen MR) is 168 cm³/mol. The van der Waals surface area contributed by atoms with Gasteiger partial charge in [0.2, 0.25) is 0 Å². The standard InChI is InChI=1S/C36H14F8N8/c1-9(2)12-28-29(50-33-17-15(20(37)24(41)26(43)22(17)39)14(32(33)49-28)11(7-45)8-46)13(10(3)4)31-30(12)51-34-18-16(21(38)25(42)27(44)23(18)40)19(35(34)52-31)36(47-5)48-6/h9-10H,1-4H3. The van der Waals surface area contributed by atoms with Crippen LogP contribution in [0.25, 0.3) is 65.4 Å². The van der Waals surface area contributed by atoms with Crippen molar-refractivity contribution in [1.82, 2.24) is 19.9 Å². The Hall–Kier alpha value is -6.78. The Morgan fingerprint density at radius 2 is 0.808 bits per heavy atom. The number of allylic oxidation sites excluding steroid dienone is 1. The number of nitriles is 2. The number of halogens is 8. The second kappa shape index (κ2) is 11.4. The van der Waals surface area contributed by atoms with Crippen LogP contribution in [0.2, 0.25) is 0 Å². The molecule has 8 nitrogen and oxygen atoms in total. The number of rotatable bonds is 2. The van der Waals surface area contributed by atoms with Crippen LogP contribution in [-0.2, 0) is 0 Å². The maximum Gasteiger partial charge on any atom is 0.529 e. The van der Waals surface area contributed by atoms with Crippen LogP contribution in [0, 0.1) is 82.3 Å². The molecular weight excluding hydrogens is 696 g/mol. The molecule has 2 aromatic heterocycles. The number of nitrogens with zero attached hydrogens (tertiary/aromatic N) is 8. The third-order valence-corrected chi connectivity index (χ3v) is 8.86. The second-order valence-corrected chi connectivity index (χ2v) is 12.3. The van der Waals surface area contributed by atoms with Crippen molar-refractivity contribution in [1.29, 1.82) is 10.5 Å². The van der Waals surface area contributed by atoms with E-state index in [1.165, 1.54) is 12.1 Å². The van der Waals surface area contributed by atoms with E-state index in [9.17, 15) is 28.1 Å². The molecule has 3 aromatic carbocycles. The lowest BCUT2D eigenvalue weighted by Crippen LogP contribution is -2.08. The summed E-state index contributed by atoms with van der Waals surface area (Å²) in [6, 6.07) is 3.07. The van der Waals surface area contributed by atoms with Crippen LogP contribution in [0.4, 0.5) is 35.1 Å². The lowest BCUT2D eigenvalue weighted by Gasteiger charge is -2.20. The Morgan fingerprint density at radius 1 is 0.500 bits per heavy atom. The van der Waals surface area contributed by atoms with Gasteiger partial charge in [-0.15, -0.1) is 0 Å². The predicted octanol–water partition coefficient (Wildman–Crippen LogP) is 9.30. The molecule has 0 bridgehead atoms. The maximum atomic E-state index is 15.6.